The molecule has 0 aliphatic carbocycles. The molecule has 11 nitrogen and oxygen atoms in total. The van der Waals surface area contributed by atoms with Crippen molar-refractivity contribution in [2.45, 2.75) is 32.2 Å². The Hall–Kier alpha value is -5.26. The molecule has 4 aromatic heterocycles. The number of nitro groups is 1. The fraction of sp³-hybridized carbons (Fsp3) is 0.235. The predicted molar refractivity (Wildman–Crippen MR) is 169 cm³/mol. The zero-order valence-electron chi connectivity index (χ0n) is 25.3. The highest BCUT2D eigenvalue weighted by atomic mass is 16.6. The third kappa shape index (κ3) is 8.43. The van der Waals surface area contributed by atoms with Crippen molar-refractivity contribution in [1.82, 2.24) is 29.7 Å². The molecule has 230 valence electrons. The standard InChI is InChI=1S/C34H35N7O4/c1-44-33-19-30(31(41(42)43)20-34(33)45-2)32(40(23-28-13-5-9-17-37-28)24-29-14-6-10-18-38-29)25-39(21-26-11-3-7-15-35-26)22-27-12-4-8-16-36-27/h3-20,32H,21-25H2,1-2H3. The van der Waals surface area contributed by atoms with Gasteiger partial charge in [0.2, 0.25) is 0 Å². The first-order chi connectivity index (χ1) is 22.0. The molecule has 0 saturated heterocycles. The van der Waals surface area contributed by atoms with Gasteiger partial charge in [0.05, 0.1) is 59.6 Å². The molecule has 0 radical (unpaired) electrons. The summed E-state index contributed by atoms with van der Waals surface area (Å²) in [5.74, 6) is 0.686. The average molecular weight is 606 g/mol. The highest BCUT2D eigenvalue weighted by Crippen LogP contribution is 2.40. The van der Waals surface area contributed by atoms with Gasteiger partial charge in [0, 0.05) is 57.5 Å². The molecule has 0 bridgehead atoms. The molecule has 5 aromatic rings. The average Bonchev–Trinajstić information content (AvgIpc) is 3.08. The summed E-state index contributed by atoms with van der Waals surface area (Å²) in [7, 11) is 2.99. The van der Waals surface area contributed by atoms with Gasteiger partial charge in [-0.05, 0) is 54.6 Å². The van der Waals surface area contributed by atoms with Crippen molar-refractivity contribution >= 4 is 5.69 Å². The van der Waals surface area contributed by atoms with Crippen LogP contribution < -0.4 is 9.47 Å². The Kier molecular flexibility index (Phi) is 10.7. The van der Waals surface area contributed by atoms with Crippen molar-refractivity contribution in [1.29, 1.82) is 0 Å². The van der Waals surface area contributed by atoms with Crippen LogP contribution >= 0.6 is 0 Å². The van der Waals surface area contributed by atoms with Crippen LogP contribution in [0, 0.1) is 10.1 Å². The molecule has 0 saturated carbocycles. The van der Waals surface area contributed by atoms with Gasteiger partial charge in [-0.1, -0.05) is 24.3 Å². The van der Waals surface area contributed by atoms with E-state index < -0.39 is 6.04 Å². The van der Waals surface area contributed by atoms with Gasteiger partial charge in [-0.15, -0.1) is 0 Å². The van der Waals surface area contributed by atoms with E-state index in [0.29, 0.717) is 44.0 Å². The first-order valence-corrected chi connectivity index (χ1v) is 14.5. The smallest absolute Gasteiger partial charge is 0.278 e. The summed E-state index contributed by atoms with van der Waals surface area (Å²) in [6, 6.07) is 25.7. The summed E-state index contributed by atoms with van der Waals surface area (Å²) in [6.45, 7) is 2.21. The summed E-state index contributed by atoms with van der Waals surface area (Å²) in [5.41, 5.74) is 3.80. The van der Waals surface area contributed by atoms with Crippen LogP contribution in [0.1, 0.15) is 34.4 Å². The molecule has 0 aliphatic heterocycles. The molecule has 0 spiro atoms. The van der Waals surface area contributed by atoms with Crippen molar-refractivity contribution in [2.75, 3.05) is 20.8 Å². The van der Waals surface area contributed by atoms with Gasteiger partial charge in [0.15, 0.2) is 11.5 Å². The van der Waals surface area contributed by atoms with E-state index in [-0.39, 0.29) is 16.4 Å². The minimum absolute atomic E-state index is 0.0692. The third-order valence-electron chi connectivity index (χ3n) is 7.37. The van der Waals surface area contributed by atoms with Crippen LogP contribution in [0.3, 0.4) is 0 Å². The topological polar surface area (TPSA) is 120 Å². The summed E-state index contributed by atoms with van der Waals surface area (Å²) in [6.07, 6.45) is 7.02. The van der Waals surface area contributed by atoms with Gasteiger partial charge in [-0.25, -0.2) is 0 Å². The van der Waals surface area contributed by atoms with Crippen molar-refractivity contribution in [2.24, 2.45) is 0 Å². The second-order valence-electron chi connectivity index (χ2n) is 10.4. The number of aromatic nitrogens is 4. The number of rotatable bonds is 15. The van der Waals surface area contributed by atoms with E-state index >= 15 is 0 Å². The van der Waals surface area contributed by atoms with Gasteiger partial charge in [-0.2, -0.15) is 0 Å². The fourth-order valence-corrected chi connectivity index (χ4v) is 5.27. The van der Waals surface area contributed by atoms with Crippen LogP contribution in [-0.2, 0) is 26.2 Å². The molecule has 0 aliphatic rings. The number of nitrogens with zero attached hydrogens (tertiary/aromatic N) is 7. The Bertz CT molecular complexity index is 1560. The normalized spacial score (nSPS) is 11.8. The van der Waals surface area contributed by atoms with Gasteiger partial charge in [-0.3, -0.25) is 39.9 Å². The second kappa shape index (κ2) is 15.5. The molecule has 1 unspecified atom stereocenters. The zero-order chi connectivity index (χ0) is 31.4. The van der Waals surface area contributed by atoms with Crippen molar-refractivity contribution in [3.8, 4) is 11.5 Å². The lowest BCUT2D eigenvalue weighted by Crippen LogP contribution is -2.38. The van der Waals surface area contributed by atoms with Crippen LogP contribution in [0.15, 0.2) is 110 Å². The fourth-order valence-electron chi connectivity index (χ4n) is 5.27. The van der Waals surface area contributed by atoms with Crippen LogP contribution in [0.5, 0.6) is 11.5 Å². The highest BCUT2D eigenvalue weighted by Gasteiger charge is 2.32. The summed E-state index contributed by atoms with van der Waals surface area (Å²) >= 11 is 0. The number of benzene rings is 1. The number of nitro benzene ring substituents is 1. The van der Waals surface area contributed by atoms with Gasteiger partial charge >= 0.3 is 0 Å². The molecule has 1 atom stereocenters. The monoisotopic (exact) mass is 605 g/mol. The zero-order valence-corrected chi connectivity index (χ0v) is 25.3. The number of ether oxygens (including phenoxy) is 2. The van der Waals surface area contributed by atoms with E-state index in [1.807, 2.05) is 72.8 Å². The van der Waals surface area contributed by atoms with E-state index in [4.69, 9.17) is 9.47 Å². The van der Waals surface area contributed by atoms with E-state index in [0.717, 1.165) is 22.8 Å². The van der Waals surface area contributed by atoms with Crippen molar-refractivity contribution in [3.05, 3.63) is 148 Å². The largest absolute Gasteiger partial charge is 0.493 e. The minimum Gasteiger partial charge on any atom is -0.493 e. The lowest BCUT2D eigenvalue weighted by atomic mass is 10.00. The molecular weight excluding hydrogens is 570 g/mol. The molecule has 11 heteroatoms. The van der Waals surface area contributed by atoms with Crippen molar-refractivity contribution < 1.29 is 14.4 Å². The minimum atomic E-state index is -0.512. The van der Waals surface area contributed by atoms with Crippen LogP contribution in [0.2, 0.25) is 0 Å². The first-order valence-electron chi connectivity index (χ1n) is 14.5. The van der Waals surface area contributed by atoms with Gasteiger partial charge in [0.1, 0.15) is 0 Å². The Morgan fingerprint density at radius 1 is 0.667 bits per heavy atom. The molecule has 5 rings (SSSR count). The molecule has 0 amide bonds. The highest BCUT2D eigenvalue weighted by molar-refractivity contribution is 5.55. The van der Waals surface area contributed by atoms with E-state index in [1.165, 1.54) is 20.3 Å². The predicted octanol–water partition coefficient (Wildman–Crippen LogP) is 5.64. The van der Waals surface area contributed by atoms with E-state index in [2.05, 4.69) is 29.7 Å². The van der Waals surface area contributed by atoms with E-state index in [1.54, 1.807) is 30.9 Å². The maximum atomic E-state index is 12.6. The molecule has 0 N–H and O–H groups in total. The molecule has 1 aromatic carbocycles. The van der Waals surface area contributed by atoms with Gasteiger partial charge < -0.3 is 9.47 Å². The second-order valence-corrected chi connectivity index (χ2v) is 10.4. The van der Waals surface area contributed by atoms with E-state index in [9.17, 15) is 10.1 Å². The first kappa shape index (κ1) is 31.2. The van der Waals surface area contributed by atoms with Crippen molar-refractivity contribution in [3.63, 3.8) is 0 Å². The van der Waals surface area contributed by atoms with Crippen LogP contribution in [-0.4, -0.2) is 55.4 Å². The maximum absolute atomic E-state index is 12.6. The lowest BCUT2D eigenvalue weighted by Gasteiger charge is -2.35. The quantitative estimate of drug-likeness (QED) is 0.110. The lowest BCUT2D eigenvalue weighted by molar-refractivity contribution is -0.386. The summed E-state index contributed by atoms with van der Waals surface area (Å²) in [4.78, 5) is 35.0. The van der Waals surface area contributed by atoms with Crippen LogP contribution in [0.25, 0.3) is 0 Å². The number of pyridine rings is 4. The maximum Gasteiger partial charge on any atom is 0.278 e. The summed E-state index contributed by atoms with van der Waals surface area (Å²) < 4.78 is 11.1. The molecule has 45 heavy (non-hydrogen) atoms. The Balaban J connectivity index is 1.65. The third-order valence-corrected chi connectivity index (χ3v) is 7.37. The number of methoxy groups -OCH3 is 2. The Morgan fingerprint density at radius 2 is 1.09 bits per heavy atom. The Morgan fingerprint density at radius 3 is 1.47 bits per heavy atom. The number of hydrogen-bond acceptors (Lipinski definition) is 10. The van der Waals surface area contributed by atoms with Crippen LogP contribution in [0.4, 0.5) is 5.69 Å². The Labute approximate surface area is 262 Å². The SMILES string of the molecule is COc1cc(C(CN(Cc2ccccn2)Cc2ccccn2)N(Cc2ccccn2)Cc2ccccn2)c([N+](=O)[O-])cc1OC. The molecule has 0 fully saturated rings. The summed E-state index contributed by atoms with van der Waals surface area (Å²) in [5, 5.41) is 12.6. The van der Waals surface area contributed by atoms with Gasteiger partial charge in [0.25, 0.3) is 5.69 Å². The molecule has 4 heterocycles. The number of hydrogen-bond donors (Lipinski definition) is 0. The molecular formula is C34H35N7O4.